The first-order valence-electron chi connectivity index (χ1n) is 6.13. The summed E-state index contributed by atoms with van der Waals surface area (Å²) in [4.78, 5) is 17.8. The zero-order valence-corrected chi connectivity index (χ0v) is 12.1. The van der Waals surface area contributed by atoms with Crippen LogP contribution in [0.15, 0.2) is 29.6 Å². The number of amides is 1. The lowest BCUT2D eigenvalue weighted by atomic mass is 10.1. The van der Waals surface area contributed by atoms with Crippen molar-refractivity contribution < 1.29 is 4.79 Å². The van der Waals surface area contributed by atoms with Crippen molar-refractivity contribution in [1.82, 2.24) is 4.98 Å². The molecule has 1 N–H and O–H groups in total. The van der Waals surface area contributed by atoms with Crippen LogP contribution in [0.3, 0.4) is 0 Å². The molecule has 0 atom stereocenters. The lowest BCUT2D eigenvalue weighted by Crippen LogP contribution is -2.09. The Hall–Kier alpha value is -1.88. The zero-order valence-electron chi connectivity index (χ0n) is 11.3. The molecule has 0 radical (unpaired) electrons. The van der Waals surface area contributed by atoms with Crippen LogP contribution >= 0.6 is 11.3 Å². The third kappa shape index (κ3) is 3.32. The summed E-state index contributed by atoms with van der Waals surface area (Å²) in [6, 6.07) is 7.74. The molecular weight excluding hydrogens is 258 g/mol. The molecule has 1 aromatic carbocycles. The van der Waals surface area contributed by atoms with E-state index in [1.807, 2.05) is 55.6 Å². The van der Waals surface area contributed by atoms with Gasteiger partial charge in [-0.3, -0.25) is 4.79 Å². The largest absolute Gasteiger partial charge is 0.354 e. The number of nitrogens with one attached hydrogen (secondary N) is 1. The van der Waals surface area contributed by atoms with Crippen molar-refractivity contribution >= 4 is 28.1 Å². The third-order valence-corrected chi connectivity index (χ3v) is 3.67. The number of nitrogens with zero attached hydrogens (tertiary/aromatic N) is 2. The van der Waals surface area contributed by atoms with Gasteiger partial charge in [-0.15, -0.1) is 11.3 Å². The van der Waals surface area contributed by atoms with E-state index in [1.165, 1.54) is 0 Å². The van der Waals surface area contributed by atoms with E-state index >= 15 is 0 Å². The summed E-state index contributed by atoms with van der Waals surface area (Å²) in [6.45, 7) is 1.84. The fourth-order valence-corrected chi connectivity index (χ4v) is 2.34. The molecule has 2 aromatic rings. The smallest absolute Gasteiger partial charge is 0.224 e. The maximum absolute atomic E-state index is 11.3. The highest BCUT2D eigenvalue weighted by atomic mass is 32.1. The summed E-state index contributed by atoms with van der Waals surface area (Å²) >= 11 is 1.62. The van der Waals surface area contributed by atoms with E-state index in [0.717, 1.165) is 22.1 Å². The van der Waals surface area contributed by atoms with E-state index in [4.69, 9.17) is 0 Å². The molecule has 0 fully saturated rings. The average Bonchev–Trinajstić information content (AvgIpc) is 2.89. The van der Waals surface area contributed by atoms with Crippen LogP contribution in [0.25, 0.3) is 11.3 Å². The average molecular weight is 275 g/mol. The SMILES string of the molecule is CCC(=O)Nc1ccc(-c2csc(N(C)C)n2)cc1. The summed E-state index contributed by atoms with van der Waals surface area (Å²) in [6.07, 6.45) is 0.486. The first-order valence-corrected chi connectivity index (χ1v) is 7.01. The first kappa shape index (κ1) is 13.5. The fourth-order valence-electron chi connectivity index (χ4n) is 1.58. The molecule has 0 unspecified atom stereocenters. The molecule has 0 bridgehead atoms. The Balaban J connectivity index is 2.15. The van der Waals surface area contributed by atoms with Crippen LogP contribution < -0.4 is 10.2 Å². The highest BCUT2D eigenvalue weighted by molar-refractivity contribution is 7.14. The topological polar surface area (TPSA) is 45.2 Å². The summed E-state index contributed by atoms with van der Waals surface area (Å²) in [5.41, 5.74) is 2.83. The number of rotatable bonds is 4. The molecular formula is C14H17N3OS. The van der Waals surface area contributed by atoms with Gasteiger partial charge in [-0.25, -0.2) is 4.98 Å². The lowest BCUT2D eigenvalue weighted by Gasteiger charge is -2.06. The lowest BCUT2D eigenvalue weighted by molar-refractivity contribution is -0.115. The highest BCUT2D eigenvalue weighted by Crippen LogP contribution is 2.27. The molecule has 0 aliphatic rings. The molecule has 5 heteroatoms. The molecule has 19 heavy (non-hydrogen) atoms. The van der Waals surface area contributed by atoms with Crippen molar-refractivity contribution in [3.8, 4) is 11.3 Å². The molecule has 0 aliphatic heterocycles. The van der Waals surface area contributed by atoms with Crippen molar-refractivity contribution in [3.63, 3.8) is 0 Å². The van der Waals surface area contributed by atoms with E-state index in [0.29, 0.717) is 6.42 Å². The Morgan fingerprint density at radius 1 is 1.32 bits per heavy atom. The monoisotopic (exact) mass is 275 g/mol. The van der Waals surface area contributed by atoms with E-state index in [1.54, 1.807) is 11.3 Å². The van der Waals surface area contributed by atoms with E-state index < -0.39 is 0 Å². The van der Waals surface area contributed by atoms with Crippen molar-refractivity contribution in [2.45, 2.75) is 13.3 Å². The van der Waals surface area contributed by atoms with E-state index in [-0.39, 0.29) is 5.91 Å². The van der Waals surface area contributed by atoms with Gasteiger partial charge in [0.1, 0.15) is 0 Å². The molecule has 2 rings (SSSR count). The van der Waals surface area contributed by atoms with Crippen LogP contribution in [0.2, 0.25) is 0 Å². The van der Waals surface area contributed by atoms with Crippen LogP contribution in [-0.2, 0) is 4.79 Å². The highest BCUT2D eigenvalue weighted by Gasteiger charge is 2.06. The Labute approximate surface area is 117 Å². The maximum atomic E-state index is 11.3. The van der Waals surface area contributed by atoms with Crippen LogP contribution in [0, 0.1) is 0 Å². The number of hydrogen-bond donors (Lipinski definition) is 1. The Morgan fingerprint density at radius 2 is 2.00 bits per heavy atom. The molecule has 4 nitrogen and oxygen atoms in total. The number of aromatic nitrogens is 1. The molecule has 0 aliphatic carbocycles. The molecule has 0 saturated carbocycles. The second-order valence-corrected chi connectivity index (χ2v) is 5.23. The van der Waals surface area contributed by atoms with E-state index in [9.17, 15) is 4.79 Å². The van der Waals surface area contributed by atoms with Gasteiger partial charge in [0.05, 0.1) is 5.69 Å². The van der Waals surface area contributed by atoms with Crippen molar-refractivity contribution in [2.24, 2.45) is 0 Å². The number of anilines is 2. The predicted molar refractivity (Wildman–Crippen MR) is 80.8 cm³/mol. The minimum atomic E-state index is 0.0244. The quantitative estimate of drug-likeness (QED) is 0.931. The van der Waals surface area contributed by atoms with E-state index in [2.05, 4.69) is 10.3 Å². The molecule has 1 amide bonds. The van der Waals surface area contributed by atoms with Crippen molar-refractivity contribution in [2.75, 3.05) is 24.3 Å². The molecule has 0 spiro atoms. The fraction of sp³-hybridized carbons (Fsp3) is 0.286. The summed E-state index contributed by atoms with van der Waals surface area (Å²) in [5.74, 6) is 0.0244. The summed E-state index contributed by atoms with van der Waals surface area (Å²) in [5, 5.41) is 5.85. The summed E-state index contributed by atoms with van der Waals surface area (Å²) < 4.78 is 0. The third-order valence-electron chi connectivity index (χ3n) is 2.66. The number of carbonyl (C=O) groups is 1. The van der Waals surface area contributed by atoms with Crippen LogP contribution in [0.4, 0.5) is 10.8 Å². The molecule has 100 valence electrons. The zero-order chi connectivity index (χ0) is 13.8. The Morgan fingerprint density at radius 3 is 2.53 bits per heavy atom. The first-order chi connectivity index (χ1) is 9.10. The maximum Gasteiger partial charge on any atom is 0.224 e. The number of thiazole rings is 1. The van der Waals surface area contributed by atoms with Gasteiger partial charge in [-0.1, -0.05) is 19.1 Å². The molecule has 1 heterocycles. The Bertz CT molecular complexity index is 560. The van der Waals surface area contributed by atoms with Gasteiger partial charge < -0.3 is 10.2 Å². The van der Waals surface area contributed by atoms with Crippen LogP contribution in [0.1, 0.15) is 13.3 Å². The number of carbonyl (C=O) groups excluding carboxylic acids is 1. The van der Waals surface area contributed by atoms with Crippen molar-refractivity contribution in [1.29, 1.82) is 0 Å². The van der Waals surface area contributed by atoms with Gasteiger partial charge in [0.15, 0.2) is 5.13 Å². The summed E-state index contributed by atoms with van der Waals surface area (Å²) in [7, 11) is 3.96. The minimum absolute atomic E-state index is 0.0244. The van der Waals surface area contributed by atoms with Gasteiger partial charge >= 0.3 is 0 Å². The van der Waals surface area contributed by atoms with Gasteiger partial charge in [-0.05, 0) is 12.1 Å². The second-order valence-electron chi connectivity index (χ2n) is 4.39. The second kappa shape index (κ2) is 5.84. The molecule has 0 saturated heterocycles. The Kier molecular flexibility index (Phi) is 4.16. The standard InChI is InChI=1S/C14H17N3OS/c1-4-13(18)15-11-7-5-10(6-8-11)12-9-19-14(16-12)17(2)3/h5-9H,4H2,1-3H3,(H,15,18). The number of hydrogen-bond acceptors (Lipinski definition) is 4. The normalized spacial score (nSPS) is 10.3. The van der Waals surface area contributed by atoms with Crippen LogP contribution in [-0.4, -0.2) is 25.0 Å². The minimum Gasteiger partial charge on any atom is -0.354 e. The molecule has 1 aromatic heterocycles. The number of benzene rings is 1. The van der Waals surface area contributed by atoms with Gasteiger partial charge in [0.2, 0.25) is 5.91 Å². The predicted octanol–water partition coefficient (Wildman–Crippen LogP) is 3.22. The van der Waals surface area contributed by atoms with Crippen molar-refractivity contribution in [3.05, 3.63) is 29.6 Å². The van der Waals surface area contributed by atoms with Gasteiger partial charge in [-0.2, -0.15) is 0 Å². The van der Waals surface area contributed by atoms with Crippen LogP contribution in [0.5, 0.6) is 0 Å². The van der Waals surface area contributed by atoms with Gasteiger partial charge in [0.25, 0.3) is 0 Å². The van der Waals surface area contributed by atoms with Gasteiger partial charge in [0, 0.05) is 37.1 Å².